The first kappa shape index (κ1) is 13.7. The van der Waals surface area contributed by atoms with Crippen molar-refractivity contribution in [3.05, 3.63) is 51.5 Å². The lowest BCUT2D eigenvalue weighted by Gasteiger charge is -2.08. The van der Waals surface area contributed by atoms with Crippen molar-refractivity contribution < 1.29 is 4.79 Å². The average Bonchev–Trinajstić information content (AvgIpc) is 2.83. The van der Waals surface area contributed by atoms with Crippen molar-refractivity contribution in [2.24, 2.45) is 5.73 Å². The highest BCUT2D eigenvalue weighted by molar-refractivity contribution is 7.09. The van der Waals surface area contributed by atoms with Crippen LogP contribution in [0.4, 0.5) is 0 Å². The molecule has 4 nitrogen and oxygen atoms in total. The maximum absolute atomic E-state index is 12.1. The van der Waals surface area contributed by atoms with Crippen LogP contribution >= 0.6 is 11.3 Å². The van der Waals surface area contributed by atoms with Crippen LogP contribution in [0.25, 0.3) is 0 Å². The predicted octanol–water partition coefficient (Wildman–Crippen LogP) is 1.88. The zero-order valence-corrected chi connectivity index (χ0v) is 11.7. The number of thiazole rings is 1. The van der Waals surface area contributed by atoms with Crippen LogP contribution in [0.3, 0.4) is 0 Å². The summed E-state index contributed by atoms with van der Waals surface area (Å²) in [6.07, 6.45) is 0.708. The summed E-state index contributed by atoms with van der Waals surface area (Å²) in [6, 6.07) is 7.55. The van der Waals surface area contributed by atoms with E-state index in [9.17, 15) is 4.79 Å². The molecule has 0 aliphatic carbocycles. The highest BCUT2D eigenvalue weighted by Crippen LogP contribution is 2.11. The molecule has 19 heavy (non-hydrogen) atoms. The zero-order valence-electron chi connectivity index (χ0n) is 10.8. The largest absolute Gasteiger partial charge is 0.346 e. The Morgan fingerprint density at radius 2 is 2.21 bits per heavy atom. The Balaban J connectivity index is 2.03. The molecule has 0 spiro atoms. The van der Waals surface area contributed by atoms with E-state index in [0.717, 1.165) is 16.3 Å². The number of amides is 1. The maximum atomic E-state index is 12.1. The molecule has 0 aliphatic rings. The average molecular weight is 275 g/mol. The summed E-state index contributed by atoms with van der Waals surface area (Å²) in [5.41, 5.74) is 8.13. The predicted molar refractivity (Wildman–Crippen MR) is 77.2 cm³/mol. The third-order valence-corrected chi connectivity index (χ3v) is 3.59. The van der Waals surface area contributed by atoms with Crippen molar-refractivity contribution in [1.29, 1.82) is 0 Å². The first-order valence-corrected chi connectivity index (χ1v) is 7.06. The number of nitrogens with zero attached hydrogens (tertiary/aromatic N) is 1. The Bertz CT molecular complexity index is 565. The summed E-state index contributed by atoms with van der Waals surface area (Å²) in [5.74, 6) is -0.0743. The summed E-state index contributed by atoms with van der Waals surface area (Å²) in [4.78, 5) is 16.5. The van der Waals surface area contributed by atoms with Crippen LogP contribution in [0.1, 0.15) is 26.6 Å². The third kappa shape index (κ3) is 3.62. The van der Waals surface area contributed by atoms with Gasteiger partial charge in [-0.05, 0) is 31.5 Å². The number of carbonyl (C=O) groups excluding carboxylic acids is 1. The van der Waals surface area contributed by atoms with Crippen molar-refractivity contribution in [2.45, 2.75) is 19.9 Å². The molecule has 0 saturated heterocycles. The molecule has 5 heteroatoms. The monoisotopic (exact) mass is 275 g/mol. The molecule has 0 bridgehead atoms. The van der Waals surface area contributed by atoms with Gasteiger partial charge in [0, 0.05) is 10.9 Å². The van der Waals surface area contributed by atoms with Crippen LogP contribution < -0.4 is 11.1 Å². The van der Waals surface area contributed by atoms with Gasteiger partial charge < -0.3 is 11.1 Å². The zero-order chi connectivity index (χ0) is 13.7. The van der Waals surface area contributed by atoms with E-state index in [0.29, 0.717) is 25.1 Å². The summed E-state index contributed by atoms with van der Waals surface area (Å²) in [6.45, 7) is 2.95. The van der Waals surface area contributed by atoms with Gasteiger partial charge in [0.2, 0.25) is 0 Å². The Hall–Kier alpha value is -1.72. The summed E-state index contributed by atoms with van der Waals surface area (Å²) >= 11 is 1.58. The SMILES string of the molecule is Cc1nc(CNC(=O)c2ccccc2CCN)cs1. The number of hydrogen-bond donors (Lipinski definition) is 2. The summed E-state index contributed by atoms with van der Waals surface area (Å²) in [5, 5.41) is 5.86. The Labute approximate surface area is 116 Å². The summed E-state index contributed by atoms with van der Waals surface area (Å²) in [7, 11) is 0. The highest BCUT2D eigenvalue weighted by atomic mass is 32.1. The lowest BCUT2D eigenvalue weighted by Crippen LogP contribution is -2.24. The molecule has 1 amide bonds. The number of benzene rings is 1. The van der Waals surface area contributed by atoms with Crippen LogP contribution in [-0.2, 0) is 13.0 Å². The van der Waals surface area contributed by atoms with Gasteiger partial charge in [-0.25, -0.2) is 4.98 Å². The molecule has 1 aromatic carbocycles. The van der Waals surface area contributed by atoms with E-state index in [1.165, 1.54) is 0 Å². The molecule has 0 radical (unpaired) electrons. The second-order valence-electron chi connectivity index (χ2n) is 4.24. The second kappa shape index (κ2) is 6.45. The number of aryl methyl sites for hydroxylation is 1. The standard InChI is InChI=1S/C14H17N3OS/c1-10-17-12(9-19-10)8-16-14(18)13-5-3-2-4-11(13)6-7-15/h2-5,9H,6-8,15H2,1H3,(H,16,18). The van der Waals surface area contributed by atoms with Gasteiger partial charge >= 0.3 is 0 Å². The number of rotatable bonds is 5. The number of nitrogens with two attached hydrogens (primary N) is 1. The van der Waals surface area contributed by atoms with Crippen molar-refractivity contribution in [1.82, 2.24) is 10.3 Å². The van der Waals surface area contributed by atoms with Crippen molar-refractivity contribution in [3.63, 3.8) is 0 Å². The van der Waals surface area contributed by atoms with Gasteiger partial charge in [-0.2, -0.15) is 0 Å². The van der Waals surface area contributed by atoms with E-state index in [4.69, 9.17) is 5.73 Å². The van der Waals surface area contributed by atoms with E-state index in [1.807, 2.05) is 36.6 Å². The topological polar surface area (TPSA) is 68.0 Å². The van der Waals surface area contributed by atoms with Crippen LogP contribution in [0.15, 0.2) is 29.6 Å². The molecule has 0 unspecified atom stereocenters. The lowest BCUT2D eigenvalue weighted by molar-refractivity contribution is 0.0949. The molecule has 100 valence electrons. The quantitative estimate of drug-likeness (QED) is 0.875. The van der Waals surface area contributed by atoms with Gasteiger partial charge in [-0.3, -0.25) is 4.79 Å². The smallest absolute Gasteiger partial charge is 0.251 e. The first-order chi connectivity index (χ1) is 9.20. The third-order valence-electron chi connectivity index (χ3n) is 2.77. The fourth-order valence-electron chi connectivity index (χ4n) is 1.87. The van der Waals surface area contributed by atoms with E-state index in [1.54, 1.807) is 11.3 Å². The number of aromatic nitrogens is 1. The van der Waals surface area contributed by atoms with E-state index >= 15 is 0 Å². The van der Waals surface area contributed by atoms with Crippen LogP contribution in [0.5, 0.6) is 0 Å². The Morgan fingerprint density at radius 1 is 1.42 bits per heavy atom. The van der Waals surface area contributed by atoms with E-state index < -0.39 is 0 Å². The molecule has 2 rings (SSSR count). The molecule has 0 atom stereocenters. The Morgan fingerprint density at radius 3 is 2.89 bits per heavy atom. The fraction of sp³-hybridized carbons (Fsp3) is 0.286. The molecule has 1 heterocycles. The van der Waals surface area contributed by atoms with Gasteiger partial charge in [-0.15, -0.1) is 11.3 Å². The second-order valence-corrected chi connectivity index (χ2v) is 5.30. The van der Waals surface area contributed by atoms with Crippen molar-refractivity contribution in [2.75, 3.05) is 6.54 Å². The lowest BCUT2D eigenvalue weighted by atomic mass is 10.0. The molecule has 0 fully saturated rings. The summed E-state index contributed by atoms with van der Waals surface area (Å²) < 4.78 is 0. The fourth-order valence-corrected chi connectivity index (χ4v) is 2.48. The maximum Gasteiger partial charge on any atom is 0.251 e. The van der Waals surface area contributed by atoms with Gasteiger partial charge in [0.1, 0.15) is 0 Å². The highest BCUT2D eigenvalue weighted by Gasteiger charge is 2.10. The van der Waals surface area contributed by atoms with Crippen LogP contribution in [-0.4, -0.2) is 17.4 Å². The molecule has 0 saturated carbocycles. The minimum atomic E-state index is -0.0743. The molecule has 0 aliphatic heterocycles. The molecule has 2 aromatic rings. The normalized spacial score (nSPS) is 10.4. The molecule has 3 N–H and O–H groups in total. The van der Waals surface area contributed by atoms with Crippen molar-refractivity contribution in [3.8, 4) is 0 Å². The van der Waals surface area contributed by atoms with Gasteiger partial charge in [0.15, 0.2) is 0 Å². The minimum Gasteiger partial charge on any atom is -0.346 e. The van der Waals surface area contributed by atoms with E-state index in [2.05, 4.69) is 10.3 Å². The molecule has 1 aromatic heterocycles. The first-order valence-electron chi connectivity index (χ1n) is 6.18. The van der Waals surface area contributed by atoms with Crippen LogP contribution in [0.2, 0.25) is 0 Å². The van der Waals surface area contributed by atoms with Gasteiger partial charge in [-0.1, -0.05) is 18.2 Å². The minimum absolute atomic E-state index is 0.0743. The molecular formula is C14H17N3OS. The van der Waals surface area contributed by atoms with Crippen LogP contribution in [0, 0.1) is 6.92 Å². The number of nitrogens with one attached hydrogen (secondary N) is 1. The van der Waals surface area contributed by atoms with Gasteiger partial charge in [0.05, 0.1) is 17.2 Å². The van der Waals surface area contributed by atoms with Crippen molar-refractivity contribution >= 4 is 17.2 Å². The number of carbonyl (C=O) groups is 1. The van der Waals surface area contributed by atoms with Gasteiger partial charge in [0.25, 0.3) is 5.91 Å². The Kier molecular flexibility index (Phi) is 4.65. The van der Waals surface area contributed by atoms with E-state index in [-0.39, 0.29) is 5.91 Å². The number of hydrogen-bond acceptors (Lipinski definition) is 4. The molecular weight excluding hydrogens is 258 g/mol.